The van der Waals surface area contributed by atoms with Crippen LogP contribution in [0, 0.1) is 0 Å². The Bertz CT molecular complexity index is 317. The highest BCUT2D eigenvalue weighted by Gasteiger charge is 2.28. The summed E-state index contributed by atoms with van der Waals surface area (Å²) in [5.74, 6) is -0.875. The van der Waals surface area contributed by atoms with Crippen LogP contribution in [0.3, 0.4) is 0 Å². The standard InChI is InChI=1S/C14H26N2O3/c1-14(2,3)16(10-9-12(17)18)13(19)15-11-7-5-4-6-8-11/h11H,4-10H2,1-3H3,(H,15,19)(H,17,18). The highest BCUT2D eigenvalue weighted by Crippen LogP contribution is 2.19. The molecule has 0 saturated heterocycles. The van der Waals surface area contributed by atoms with Gasteiger partial charge in [-0.2, -0.15) is 0 Å². The maximum Gasteiger partial charge on any atom is 0.318 e. The Hall–Kier alpha value is -1.26. The van der Waals surface area contributed by atoms with Crippen molar-refractivity contribution in [3.8, 4) is 0 Å². The number of hydrogen-bond acceptors (Lipinski definition) is 2. The molecular formula is C14H26N2O3. The van der Waals surface area contributed by atoms with Gasteiger partial charge in [0.1, 0.15) is 0 Å². The van der Waals surface area contributed by atoms with Crippen LogP contribution in [0.2, 0.25) is 0 Å². The summed E-state index contributed by atoms with van der Waals surface area (Å²) < 4.78 is 0. The second kappa shape index (κ2) is 6.78. The molecule has 1 saturated carbocycles. The first kappa shape index (κ1) is 15.8. The number of nitrogens with one attached hydrogen (secondary N) is 1. The highest BCUT2D eigenvalue weighted by atomic mass is 16.4. The van der Waals surface area contributed by atoms with E-state index >= 15 is 0 Å². The fourth-order valence-electron chi connectivity index (χ4n) is 2.45. The first-order valence-electron chi connectivity index (χ1n) is 7.10. The number of hydrogen-bond donors (Lipinski definition) is 2. The molecule has 5 nitrogen and oxygen atoms in total. The molecule has 1 aliphatic rings. The molecule has 19 heavy (non-hydrogen) atoms. The molecule has 0 aliphatic heterocycles. The largest absolute Gasteiger partial charge is 0.481 e. The van der Waals surface area contributed by atoms with Crippen molar-refractivity contribution in [2.75, 3.05) is 6.54 Å². The number of urea groups is 1. The summed E-state index contributed by atoms with van der Waals surface area (Å²) in [7, 11) is 0. The fourth-order valence-corrected chi connectivity index (χ4v) is 2.45. The van der Waals surface area contributed by atoms with Gasteiger partial charge in [0.05, 0.1) is 6.42 Å². The summed E-state index contributed by atoms with van der Waals surface area (Å²) in [6.07, 6.45) is 5.61. The summed E-state index contributed by atoms with van der Waals surface area (Å²) >= 11 is 0. The van der Waals surface area contributed by atoms with Crippen LogP contribution in [0.1, 0.15) is 59.3 Å². The van der Waals surface area contributed by atoms with E-state index in [0.717, 1.165) is 25.7 Å². The van der Waals surface area contributed by atoms with Crippen molar-refractivity contribution in [1.82, 2.24) is 10.2 Å². The van der Waals surface area contributed by atoms with Crippen LogP contribution in [0.15, 0.2) is 0 Å². The molecule has 0 aromatic rings. The van der Waals surface area contributed by atoms with Gasteiger partial charge >= 0.3 is 12.0 Å². The molecule has 2 N–H and O–H groups in total. The molecule has 0 spiro atoms. The second-order valence-corrected chi connectivity index (χ2v) is 6.25. The third-order valence-electron chi connectivity index (χ3n) is 3.54. The van der Waals surface area contributed by atoms with E-state index in [-0.39, 0.29) is 30.6 Å². The number of carboxylic acids is 1. The number of rotatable bonds is 4. The number of aliphatic carboxylic acids is 1. The van der Waals surface area contributed by atoms with Crippen molar-refractivity contribution in [3.63, 3.8) is 0 Å². The van der Waals surface area contributed by atoms with Gasteiger partial charge in [0.15, 0.2) is 0 Å². The molecular weight excluding hydrogens is 244 g/mol. The number of carbonyl (C=O) groups excluding carboxylic acids is 1. The van der Waals surface area contributed by atoms with Gasteiger partial charge in [0, 0.05) is 18.1 Å². The van der Waals surface area contributed by atoms with Gasteiger partial charge in [-0.15, -0.1) is 0 Å². The van der Waals surface area contributed by atoms with Crippen molar-refractivity contribution < 1.29 is 14.7 Å². The molecule has 2 amide bonds. The van der Waals surface area contributed by atoms with Crippen LogP contribution in [-0.4, -0.2) is 40.1 Å². The van der Waals surface area contributed by atoms with Gasteiger partial charge in [-0.05, 0) is 33.6 Å². The number of carboxylic acid groups (broad SMARTS) is 1. The second-order valence-electron chi connectivity index (χ2n) is 6.25. The lowest BCUT2D eigenvalue weighted by molar-refractivity contribution is -0.137. The van der Waals surface area contributed by atoms with E-state index < -0.39 is 5.97 Å². The lowest BCUT2D eigenvalue weighted by atomic mass is 9.95. The molecule has 1 aliphatic carbocycles. The maximum absolute atomic E-state index is 12.3. The van der Waals surface area contributed by atoms with E-state index in [0.29, 0.717) is 0 Å². The summed E-state index contributed by atoms with van der Waals surface area (Å²) in [6.45, 7) is 6.03. The molecule has 0 heterocycles. The van der Waals surface area contributed by atoms with E-state index in [1.54, 1.807) is 4.90 Å². The summed E-state index contributed by atoms with van der Waals surface area (Å²) in [5, 5.41) is 11.8. The minimum absolute atomic E-state index is 0.0185. The fraction of sp³-hybridized carbons (Fsp3) is 0.857. The molecule has 0 unspecified atom stereocenters. The Labute approximate surface area is 115 Å². The first-order valence-corrected chi connectivity index (χ1v) is 7.10. The molecule has 0 radical (unpaired) electrons. The third-order valence-corrected chi connectivity index (χ3v) is 3.54. The smallest absolute Gasteiger partial charge is 0.318 e. The maximum atomic E-state index is 12.3. The SMILES string of the molecule is CC(C)(C)N(CCC(=O)O)C(=O)NC1CCCCC1. The molecule has 1 fully saturated rings. The van der Waals surface area contributed by atoms with Gasteiger partial charge in [-0.25, -0.2) is 4.79 Å². The minimum atomic E-state index is -0.875. The van der Waals surface area contributed by atoms with Crippen LogP contribution >= 0.6 is 0 Å². The number of nitrogens with zero attached hydrogens (tertiary/aromatic N) is 1. The Morgan fingerprint density at radius 2 is 1.79 bits per heavy atom. The minimum Gasteiger partial charge on any atom is -0.481 e. The van der Waals surface area contributed by atoms with E-state index in [9.17, 15) is 9.59 Å². The van der Waals surface area contributed by atoms with Gasteiger partial charge in [-0.3, -0.25) is 4.79 Å². The quantitative estimate of drug-likeness (QED) is 0.825. The van der Waals surface area contributed by atoms with Crippen LogP contribution in [0.4, 0.5) is 4.79 Å². The third kappa shape index (κ3) is 5.49. The lowest BCUT2D eigenvalue weighted by Crippen LogP contribution is -2.53. The van der Waals surface area contributed by atoms with Gasteiger partial charge in [0.25, 0.3) is 0 Å². The molecule has 0 aromatic heterocycles. The van der Waals surface area contributed by atoms with Crippen molar-refractivity contribution in [1.29, 1.82) is 0 Å². The van der Waals surface area contributed by atoms with Crippen molar-refractivity contribution >= 4 is 12.0 Å². The van der Waals surface area contributed by atoms with Crippen LogP contribution in [0.5, 0.6) is 0 Å². The Morgan fingerprint density at radius 1 is 1.21 bits per heavy atom. The van der Waals surface area contributed by atoms with Crippen molar-refractivity contribution in [2.24, 2.45) is 0 Å². The zero-order chi connectivity index (χ0) is 14.5. The Kier molecular flexibility index (Phi) is 5.63. The van der Waals surface area contributed by atoms with Crippen molar-refractivity contribution in [3.05, 3.63) is 0 Å². The molecule has 1 rings (SSSR count). The predicted molar refractivity (Wildman–Crippen MR) is 74.1 cm³/mol. The van der Waals surface area contributed by atoms with E-state index in [2.05, 4.69) is 5.32 Å². The first-order chi connectivity index (χ1) is 8.80. The van der Waals surface area contributed by atoms with Crippen LogP contribution in [0.25, 0.3) is 0 Å². The summed E-state index contributed by atoms with van der Waals surface area (Å²) in [6, 6.07) is 0.108. The van der Waals surface area contributed by atoms with E-state index in [1.807, 2.05) is 20.8 Å². The molecule has 5 heteroatoms. The summed E-state index contributed by atoms with van der Waals surface area (Å²) in [4.78, 5) is 24.6. The Balaban J connectivity index is 2.57. The lowest BCUT2D eigenvalue weighted by Gasteiger charge is -2.37. The van der Waals surface area contributed by atoms with E-state index in [4.69, 9.17) is 5.11 Å². The van der Waals surface area contributed by atoms with Crippen molar-refractivity contribution in [2.45, 2.75) is 70.9 Å². The zero-order valence-corrected chi connectivity index (χ0v) is 12.2. The average molecular weight is 270 g/mol. The van der Waals surface area contributed by atoms with Crippen LogP contribution in [-0.2, 0) is 4.79 Å². The molecule has 0 aromatic carbocycles. The highest BCUT2D eigenvalue weighted by molar-refractivity contribution is 5.76. The normalized spacial score (nSPS) is 17.0. The summed E-state index contributed by atoms with van der Waals surface area (Å²) in [5.41, 5.74) is -0.367. The molecule has 0 bridgehead atoms. The van der Waals surface area contributed by atoms with Gasteiger partial charge < -0.3 is 15.3 Å². The number of amides is 2. The van der Waals surface area contributed by atoms with Gasteiger partial charge in [0.2, 0.25) is 0 Å². The monoisotopic (exact) mass is 270 g/mol. The molecule has 0 atom stereocenters. The van der Waals surface area contributed by atoms with E-state index in [1.165, 1.54) is 6.42 Å². The zero-order valence-electron chi connectivity index (χ0n) is 12.2. The van der Waals surface area contributed by atoms with Crippen LogP contribution < -0.4 is 5.32 Å². The Morgan fingerprint density at radius 3 is 2.26 bits per heavy atom. The predicted octanol–water partition coefficient (Wildman–Crippen LogP) is 2.60. The molecule has 110 valence electrons. The average Bonchev–Trinajstić information content (AvgIpc) is 2.28. The van der Waals surface area contributed by atoms with Gasteiger partial charge in [-0.1, -0.05) is 19.3 Å². The topological polar surface area (TPSA) is 69.6 Å². The number of carbonyl (C=O) groups is 2.